The Morgan fingerprint density at radius 2 is 2.20 bits per heavy atom. The zero-order valence-electron chi connectivity index (χ0n) is 8.77. The number of nitrogens with one attached hydrogen (secondary N) is 2. The Kier molecular flexibility index (Phi) is 2.38. The molecule has 0 amide bonds. The van der Waals surface area contributed by atoms with Crippen LogP contribution in [0.1, 0.15) is 0 Å². The topological polar surface area (TPSA) is 76.9 Å². The van der Waals surface area contributed by atoms with Gasteiger partial charge in [0.2, 0.25) is 5.95 Å². The molecule has 0 saturated heterocycles. The highest BCUT2D eigenvalue weighted by Gasteiger charge is 2.10. The second-order valence-electron chi connectivity index (χ2n) is 2.98. The van der Waals surface area contributed by atoms with Gasteiger partial charge in [0.1, 0.15) is 0 Å². The molecular formula is C8H12N6O. The van der Waals surface area contributed by atoms with Gasteiger partial charge in [-0.3, -0.25) is 4.84 Å². The molecule has 0 atom stereocenters. The Morgan fingerprint density at radius 1 is 1.40 bits per heavy atom. The van der Waals surface area contributed by atoms with Crippen LogP contribution in [0.3, 0.4) is 0 Å². The SMILES string of the molecule is CNc1nc(NOC)c2ncn(C)c2n1. The number of hydrogen-bond acceptors (Lipinski definition) is 6. The van der Waals surface area contributed by atoms with Crippen molar-refractivity contribution in [2.75, 3.05) is 25.0 Å². The maximum Gasteiger partial charge on any atom is 0.226 e. The van der Waals surface area contributed by atoms with Gasteiger partial charge in [0.15, 0.2) is 17.0 Å². The summed E-state index contributed by atoms with van der Waals surface area (Å²) in [6, 6.07) is 0. The minimum absolute atomic E-state index is 0.519. The van der Waals surface area contributed by atoms with Crippen LogP contribution in [0.15, 0.2) is 6.33 Å². The van der Waals surface area contributed by atoms with Gasteiger partial charge in [-0.25, -0.2) is 10.5 Å². The van der Waals surface area contributed by atoms with Crippen molar-refractivity contribution >= 4 is 22.9 Å². The van der Waals surface area contributed by atoms with E-state index in [1.165, 1.54) is 7.11 Å². The summed E-state index contributed by atoms with van der Waals surface area (Å²) in [7, 11) is 5.16. The molecule has 0 aliphatic carbocycles. The smallest absolute Gasteiger partial charge is 0.226 e. The monoisotopic (exact) mass is 208 g/mol. The number of anilines is 2. The highest BCUT2D eigenvalue weighted by molar-refractivity contribution is 5.83. The van der Waals surface area contributed by atoms with Crippen molar-refractivity contribution in [2.45, 2.75) is 0 Å². The first-order chi connectivity index (χ1) is 7.26. The highest BCUT2D eigenvalue weighted by Crippen LogP contribution is 2.19. The van der Waals surface area contributed by atoms with Crippen molar-refractivity contribution in [3.8, 4) is 0 Å². The molecule has 0 saturated carbocycles. The van der Waals surface area contributed by atoms with E-state index in [1.54, 1.807) is 13.4 Å². The second kappa shape index (κ2) is 3.70. The number of hydrogen-bond donors (Lipinski definition) is 2. The third-order valence-electron chi connectivity index (χ3n) is 1.98. The van der Waals surface area contributed by atoms with Crippen LogP contribution in [0.25, 0.3) is 11.2 Å². The Hall–Kier alpha value is -1.89. The van der Waals surface area contributed by atoms with Crippen molar-refractivity contribution in [3.63, 3.8) is 0 Å². The van der Waals surface area contributed by atoms with E-state index >= 15 is 0 Å². The lowest BCUT2D eigenvalue weighted by Gasteiger charge is -2.05. The molecule has 0 aliphatic rings. The third-order valence-corrected chi connectivity index (χ3v) is 1.98. The van der Waals surface area contributed by atoms with Crippen LogP contribution < -0.4 is 10.8 Å². The van der Waals surface area contributed by atoms with Gasteiger partial charge in [0.25, 0.3) is 0 Å². The molecule has 80 valence electrons. The molecule has 7 nitrogen and oxygen atoms in total. The molecule has 2 rings (SSSR count). The van der Waals surface area contributed by atoms with Gasteiger partial charge in [-0.05, 0) is 0 Å². The maximum absolute atomic E-state index is 4.83. The van der Waals surface area contributed by atoms with Crippen molar-refractivity contribution < 1.29 is 4.84 Å². The normalized spacial score (nSPS) is 10.6. The number of imidazole rings is 1. The first-order valence-corrected chi connectivity index (χ1v) is 4.42. The van der Waals surface area contributed by atoms with Crippen LogP contribution in [-0.4, -0.2) is 33.7 Å². The lowest BCUT2D eigenvalue weighted by molar-refractivity contribution is 0.269. The fourth-order valence-corrected chi connectivity index (χ4v) is 1.29. The zero-order chi connectivity index (χ0) is 10.8. The van der Waals surface area contributed by atoms with Crippen molar-refractivity contribution in [3.05, 3.63) is 6.33 Å². The minimum Gasteiger partial charge on any atom is -0.357 e. The second-order valence-corrected chi connectivity index (χ2v) is 2.98. The summed E-state index contributed by atoms with van der Waals surface area (Å²) in [4.78, 5) is 17.5. The van der Waals surface area contributed by atoms with Crippen LogP contribution in [-0.2, 0) is 11.9 Å². The molecule has 0 aliphatic heterocycles. The highest BCUT2D eigenvalue weighted by atomic mass is 16.6. The molecule has 2 aromatic rings. The van der Waals surface area contributed by atoms with Crippen LogP contribution in [0.2, 0.25) is 0 Å². The molecular weight excluding hydrogens is 196 g/mol. The summed E-state index contributed by atoms with van der Waals surface area (Å²) >= 11 is 0. The van der Waals surface area contributed by atoms with E-state index in [-0.39, 0.29) is 0 Å². The molecule has 2 aromatic heterocycles. The Labute approximate surface area is 86.5 Å². The molecule has 0 aromatic carbocycles. The number of nitrogens with zero attached hydrogens (tertiary/aromatic N) is 4. The molecule has 7 heteroatoms. The predicted molar refractivity (Wildman–Crippen MR) is 56.5 cm³/mol. The average Bonchev–Trinajstić information content (AvgIpc) is 2.61. The summed E-state index contributed by atoms with van der Waals surface area (Å²) in [5.74, 6) is 1.07. The fraction of sp³-hybridized carbons (Fsp3) is 0.375. The molecule has 0 fully saturated rings. The first-order valence-electron chi connectivity index (χ1n) is 4.42. The van der Waals surface area contributed by atoms with E-state index in [9.17, 15) is 0 Å². The van der Waals surface area contributed by atoms with Crippen LogP contribution >= 0.6 is 0 Å². The van der Waals surface area contributed by atoms with Crippen LogP contribution in [0.4, 0.5) is 11.8 Å². The van der Waals surface area contributed by atoms with Gasteiger partial charge in [-0.2, -0.15) is 9.97 Å². The van der Waals surface area contributed by atoms with E-state index in [2.05, 4.69) is 25.7 Å². The summed E-state index contributed by atoms with van der Waals surface area (Å²) in [5, 5.41) is 2.88. The lowest BCUT2D eigenvalue weighted by Crippen LogP contribution is -2.04. The molecule has 0 bridgehead atoms. The largest absolute Gasteiger partial charge is 0.357 e. The summed E-state index contributed by atoms with van der Waals surface area (Å²) < 4.78 is 1.82. The van der Waals surface area contributed by atoms with Crippen LogP contribution in [0, 0.1) is 0 Å². The standard InChI is InChI=1S/C8H12N6O/c1-9-8-11-6(13-15-3)5-7(12-8)14(2)4-10-5/h4H,1-3H3,(H2,9,11,12,13). The van der Waals surface area contributed by atoms with Gasteiger partial charge in [-0.1, -0.05) is 0 Å². The van der Waals surface area contributed by atoms with E-state index in [0.29, 0.717) is 17.3 Å². The van der Waals surface area contributed by atoms with Crippen molar-refractivity contribution in [1.82, 2.24) is 19.5 Å². The Morgan fingerprint density at radius 3 is 2.87 bits per heavy atom. The number of aryl methyl sites for hydroxylation is 1. The molecule has 0 radical (unpaired) electrons. The molecule has 0 spiro atoms. The van der Waals surface area contributed by atoms with Gasteiger partial charge < -0.3 is 9.88 Å². The zero-order valence-corrected chi connectivity index (χ0v) is 8.77. The Balaban J connectivity index is 2.65. The molecule has 2 heterocycles. The first kappa shape index (κ1) is 9.66. The maximum atomic E-state index is 4.83. The van der Waals surface area contributed by atoms with Gasteiger partial charge in [0, 0.05) is 14.1 Å². The van der Waals surface area contributed by atoms with Crippen LogP contribution in [0.5, 0.6) is 0 Å². The van der Waals surface area contributed by atoms with E-state index in [1.807, 2.05) is 11.6 Å². The van der Waals surface area contributed by atoms with E-state index in [4.69, 9.17) is 4.84 Å². The summed E-state index contributed by atoms with van der Waals surface area (Å²) in [6.45, 7) is 0. The third kappa shape index (κ3) is 1.57. The molecule has 0 unspecified atom stereocenters. The van der Waals surface area contributed by atoms with E-state index in [0.717, 1.165) is 5.65 Å². The number of fused-ring (bicyclic) bond motifs is 1. The minimum atomic E-state index is 0.519. The van der Waals surface area contributed by atoms with E-state index < -0.39 is 0 Å². The predicted octanol–water partition coefficient (Wildman–Crippen LogP) is 0.378. The summed E-state index contributed by atoms with van der Waals surface area (Å²) in [5.41, 5.74) is 4.10. The van der Waals surface area contributed by atoms with Gasteiger partial charge >= 0.3 is 0 Å². The fourth-order valence-electron chi connectivity index (χ4n) is 1.29. The summed E-state index contributed by atoms with van der Waals surface area (Å²) in [6.07, 6.45) is 1.68. The van der Waals surface area contributed by atoms with Crippen molar-refractivity contribution in [2.24, 2.45) is 7.05 Å². The number of rotatable bonds is 3. The average molecular weight is 208 g/mol. The van der Waals surface area contributed by atoms with Crippen molar-refractivity contribution in [1.29, 1.82) is 0 Å². The quantitative estimate of drug-likeness (QED) is 0.710. The van der Waals surface area contributed by atoms with Gasteiger partial charge in [-0.15, -0.1) is 0 Å². The lowest BCUT2D eigenvalue weighted by atomic mass is 10.5. The van der Waals surface area contributed by atoms with Gasteiger partial charge in [0.05, 0.1) is 13.4 Å². The Bertz CT molecular complexity index is 479. The number of aromatic nitrogens is 4. The molecule has 2 N–H and O–H groups in total. The molecule has 15 heavy (non-hydrogen) atoms.